The van der Waals surface area contributed by atoms with Gasteiger partial charge in [-0.2, -0.15) is 0 Å². The molecule has 4 rings (SSSR count). The van der Waals surface area contributed by atoms with Gasteiger partial charge in [0, 0.05) is 22.4 Å². The number of nitrogens with one attached hydrogen (secondary N) is 1. The van der Waals surface area contributed by atoms with E-state index >= 15 is 0 Å². The average Bonchev–Trinajstić information content (AvgIpc) is 3.37. The Hall–Kier alpha value is -2.77. The maximum absolute atomic E-state index is 12.6. The first-order valence-electron chi connectivity index (χ1n) is 8.00. The number of nitrogens with zero attached hydrogens (tertiary/aromatic N) is 2. The molecular formula is C19H15N3O2S2. The van der Waals surface area contributed by atoms with Gasteiger partial charge in [0.05, 0.1) is 6.26 Å². The van der Waals surface area contributed by atoms with Crippen molar-refractivity contribution in [1.82, 2.24) is 9.97 Å². The maximum atomic E-state index is 12.6. The number of anilines is 1. The van der Waals surface area contributed by atoms with Crippen LogP contribution in [-0.4, -0.2) is 15.9 Å². The van der Waals surface area contributed by atoms with E-state index in [0.29, 0.717) is 21.6 Å². The molecule has 4 aromatic rings. The van der Waals surface area contributed by atoms with Crippen LogP contribution in [-0.2, 0) is 6.42 Å². The zero-order valence-electron chi connectivity index (χ0n) is 13.9. The number of aryl methyl sites for hydroxylation is 1. The van der Waals surface area contributed by atoms with E-state index in [1.54, 1.807) is 18.5 Å². The number of aromatic nitrogens is 2. The Balaban J connectivity index is 1.47. The van der Waals surface area contributed by atoms with E-state index in [9.17, 15) is 4.79 Å². The quantitative estimate of drug-likeness (QED) is 0.527. The molecule has 0 aliphatic carbocycles. The molecule has 0 unspecified atom stereocenters. The number of carbonyl (C=O) groups is 1. The Morgan fingerprint density at radius 2 is 2.00 bits per heavy atom. The Morgan fingerprint density at radius 1 is 1.15 bits per heavy atom. The van der Waals surface area contributed by atoms with Gasteiger partial charge in [0.25, 0.3) is 5.91 Å². The highest BCUT2D eigenvalue weighted by Gasteiger charge is 2.18. The van der Waals surface area contributed by atoms with Crippen LogP contribution < -0.4 is 5.32 Å². The van der Waals surface area contributed by atoms with Crippen LogP contribution in [0.4, 0.5) is 5.13 Å². The fourth-order valence-corrected chi connectivity index (χ4v) is 4.23. The summed E-state index contributed by atoms with van der Waals surface area (Å²) in [6, 6.07) is 13.8. The summed E-state index contributed by atoms with van der Waals surface area (Å²) >= 11 is 2.91. The molecule has 0 aliphatic rings. The molecule has 1 N–H and O–H groups in total. The van der Waals surface area contributed by atoms with E-state index in [1.165, 1.54) is 28.2 Å². The van der Waals surface area contributed by atoms with Gasteiger partial charge in [-0.1, -0.05) is 30.3 Å². The predicted molar refractivity (Wildman–Crippen MR) is 104 cm³/mol. The molecule has 3 heterocycles. The van der Waals surface area contributed by atoms with Gasteiger partial charge in [0.2, 0.25) is 0 Å². The molecular weight excluding hydrogens is 366 g/mol. The third kappa shape index (κ3) is 3.58. The summed E-state index contributed by atoms with van der Waals surface area (Å²) in [6.45, 7) is 1.88. The normalized spacial score (nSPS) is 10.8. The molecule has 0 saturated carbocycles. The molecule has 0 radical (unpaired) electrons. The monoisotopic (exact) mass is 381 g/mol. The molecule has 0 bridgehead atoms. The van der Waals surface area contributed by atoms with Crippen molar-refractivity contribution in [2.75, 3.05) is 5.32 Å². The topological polar surface area (TPSA) is 68.0 Å². The predicted octanol–water partition coefficient (Wildman–Crippen LogP) is 5.01. The van der Waals surface area contributed by atoms with E-state index in [-0.39, 0.29) is 5.91 Å². The highest BCUT2D eigenvalue weighted by molar-refractivity contribution is 7.16. The van der Waals surface area contributed by atoms with Gasteiger partial charge >= 0.3 is 0 Å². The molecule has 1 amide bonds. The van der Waals surface area contributed by atoms with E-state index in [1.807, 2.05) is 31.2 Å². The zero-order valence-corrected chi connectivity index (χ0v) is 15.6. The largest absolute Gasteiger partial charge is 0.462 e. The van der Waals surface area contributed by atoms with E-state index in [2.05, 4.69) is 27.4 Å². The second-order valence-electron chi connectivity index (χ2n) is 5.65. The summed E-state index contributed by atoms with van der Waals surface area (Å²) in [7, 11) is 0. The summed E-state index contributed by atoms with van der Waals surface area (Å²) in [6.07, 6.45) is 4.19. The van der Waals surface area contributed by atoms with Crippen molar-refractivity contribution in [3.05, 3.63) is 75.9 Å². The van der Waals surface area contributed by atoms with Crippen LogP contribution in [0.15, 0.2) is 59.3 Å². The summed E-state index contributed by atoms with van der Waals surface area (Å²) in [4.78, 5) is 23.2. The first-order valence-corrected chi connectivity index (χ1v) is 9.63. The average molecular weight is 381 g/mol. The number of hydrogen-bond donors (Lipinski definition) is 1. The van der Waals surface area contributed by atoms with Crippen molar-refractivity contribution < 1.29 is 9.21 Å². The van der Waals surface area contributed by atoms with Gasteiger partial charge in [-0.3, -0.25) is 10.1 Å². The summed E-state index contributed by atoms with van der Waals surface area (Å²) in [5, 5.41) is 4.12. The molecule has 130 valence electrons. The fourth-order valence-electron chi connectivity index (χ4n) is 2.51. The zero-order chi connectivity index (χ0) is 17.9. The number of furan rings is 1. The lowest BCUT2D eigenvalue weighted by Gasteiger charge is -1.99. The smallest absolute Gasteiger partial charge is 0.277 e. The van der Waals surface area contributed by atoms with Gasteiger partial charge in [-0.25, -0.2) is 9.97 Å². The molecule has 26 heavy (non-hydrogen) atoms. The van der Waals surface area contributed by atoms with Gasteiger partial charge < -0.3 is 4.42 Å². The fraction of sp³-hybridized carbons (Fsp3) is 0.105. The molecule has 1 aromatic carbocycles. The van der Waals surface area contributed by atoms with Crippen LogP contribution in [0.25, 0.3) is 10.8 Å². The van der Waals surface area contributed by atoms with Gasteiger partial charge in [-0.15, -0.1) is 22.7 Å². The molecule has 5 nitrogen and oxygen atoms in total. The number of thiazole rings is 2. The summed E-state index contributed by atoms with van der Waals surface area (Å²) in [5.74, 6) is 0.411. The van der Waals surface area contributed by atoms with Crippen LogP contribution in [0.2, 0.25) is 0 Å². The Kier molecular flexibility index (Phi) is 4.64. The minimum Gasteiger partial charge on any atom is -0.462 e. The van der Waals surface area contributed by atoms with Crippen molar-refractivity contribution in [2.24, 2.45) is 0 Å². The Labute approximate surface area is 158 Å². The Morgan fingerprint density at radius 3 is 2.77 bits per heavy atom. The van der Waals surface area contributed by atoms with Crippen molar-refractivity contribution in [2.45, 2.75) is 13.3 Å². The van der Waals surface area contributed by atoms with Crippen LogP contribution in [0.5, 0.6) is 0 Å². The molecule has 7 heteroatoms. The third-order valence-electron chi connectivity index (χ3n) is 3.74. The Bertz CT molecular complexity index is 1020. The first-order chi connectivity index (χ1) is 12.7. The van der Waals surface area contributed by atoms with Crippen LogP contribution >= 0.6 is 22.7 Å². The third-order valence-corrected chi connectivity index (χ3v) is 5.64. The highest BCUT2D eigenvalue weighted by atomic mass is 32.1. The van der Waals surface area contributed by atoms with Crippen LogP contribution in [0, 0.1) is 6.92 Å². The first kappa shape index (κ1) is 16.7. The number of rotatable bonds is 5. The standard InChI is InChI=1S/C19H15N3O2S2/c1-12-16(21-18(25-12)15-8-5-9-24-15)17(23)22-19-20-11-14(26-19)10-13-6-3-2-4-7-13/h2-9,11H,10H2,1H3,(H,20,22,23). The lowest BCUT2D eigenvalue weighted by molar-refractivity contribution is 0.102. The lowest BCUT2D eigenvalue weighted by atomic mass is 10.1. The molecule has 0 saturated heterocycles. The second kappa shape index (κ2) is 7.23. The van der Waals surface area contributed by atoms with Gasteiger partial charge in [-0.05, 0) is 24.6 Å². The van der Waals surface area contributed by atoms with Crippen molar-refractivity contribution >= 4 is 33.7 Å². The van der Waals surface area contributed by atoms with E-state index < -0.39 is 0 Å². The summed E-state index contributed by atoms with van der Waals surface area (Å²) in [5.41, 5.74) is 1.62. The number of carbonyl (C=O) groups excluding carboxylic acids is 1. The molecule has 0 fully saturated rings. The van der Waals surface area contributed by atoms with Gasteiger partial charge in [0.15, 0.2) is 15.9 Å². The number of amides is 1. The van der Waals surface area contributed by atoms with Crippen molar-refractivity contribution in [1.29, 1.82) is 0 Å². The summed E-state index contributed by atoms with van der Waals surface area (Å²) < 4.78 is 5.35. The number of benzene rings is 1. The van der Waals surface area contributed by atoms with Crippen molar-refractivity contribution in [3.63, 3.8) is 0 Å². The molecule has 0 atom stereocenters. The SMILES string of the molecule is Cc1sc(-c2ccco2)nc1C(=O)Nc1ncc(Cc2ccccc2)s1. The van der Waals surface area contributed by atoms with Crippen molar-refractivity contribution in [3.8, 4) is 10.8 Å². The lowest BCUT2D eigenvalue weighted by Crippen LogP contribution is -2.13. The van der Waals surface area contributed by atoms with Crippen LogP contribution in [0.1, 0.15) is 25.8 Å². The second-order valence-corrected chi connectivity index (χ2v) is 7.97. The molecule has 3 aromatic heterocycles. The maximum Gasteiger partial charge on any atom is 0.277 e. The number of hydrogen-bond acceptors (Lipinski definition) is 6. The van der Waals surface area contributed by atoms with Gasteiger partial charge in [0.1, 0.15) is 5.69 Å². The van der Waals surface area contributed by atoms with Crippen LogP contribution in [0.3, 0.4) is 0 Å². The minimum atomic E-state index is -0.253. The van der Waals surface area contributed by atoms with E-state index in [4.69, 9.17) is 4.42 Å². The molecule has 0 aliphatic heterocycles. The molecule has 0 spiro atoms. The highest BCUT2D eigenvalue weighted by Crippen LogP contribution is 2.29. The minimum absolute atomic E-state index is 0.253. The van der Waals surface area contributed by atoms with E-state index in [0.717, 1.165) is 16.2 Å².